The molecule has 0 radical (unpaired) electrons. The molecule has 0 aliphatic carbocycles. The lowest BCUT2D eigenvalue weighted by Crippen LogP contribution is -2.46. The number of carbonyl (C=O) groups is 2. The lowest BCUT2D eigenvalue weighted by atomic mass is 9.96. The van der Waals surface area contributed by atoms with Crippen molar-refractivity contribution in [2.24, 2.45) is 5.92 Å². The van der Waals surface area contributed by atoms with Crippen molar-refractivity contribution >= 4 is 17.5 Å². The van der Waals surface area contributed by atoms with Gasteiger partial charge in [0.1, 0.15) is 0 Å². The van der Waals surface area contributed by atoms with E-state index in [1.165, 1.54) is 0 Å². The van der Waals surface area contributed by atoms with E-state index in [4.69, 9.17) is 0 Å². The van der Waals surface area contributed by atoms with Crippen molar-refractivity contribution in [1.29, 1.82) is 0 Å². The van der Waals surface area contributed by atoms with Crippen LogP contribution in [0, 0.1) is 19.8 Å². The average Bonchev–Trinajstić information content (AvgIpc) is 2.68. The molecule has 5 heteroatoms. The SMILES string of the molecule is Cc1cccc(C)c1NC(=O)CNC(=O)[C@H](C)N[C@@H](CC(C)C)c1ccccc1. The van der Waals surface area contributed by atoms with E-state index in [9.17, 15) is 9.59 Å². The van der Waals surface area contributed by atoms with Crippen LogP contribution in [0.25, 0.3) is 0 Å². The fourth-order valence-electron chi connectivity index (χ4n) is 3.35. The lowest BCUT2D eigenvalue weighted by molar-refractivity contribution is -0.125. The number of hydrogen-bond acceptors (Lipinski definition) is 3. The highest BCUT2D eigenvalue weighted by Crippen LogP contribution is 2.22. The molecule has 2 atom stereocenters. The predicted molar refractivity (Wildman–Crippen MR) is 119 cm³/mol. The van der Waals surface area contributed by atoms with E-state index in [0.717, 1.165) is 28.8 Å². The molecule has 2 aromatic carbocycles. The predicted octanol–water partition coefficient (Wildman–Crippen LogP) is 4.12. The summed E-state index contributed by atoms with van der Waals surface area (Å²) >= 11 is 0. The number of amides is 2. The van der Waals surface area contributed by atoms with Gasteiger partial charge in [0.15, 0.2) is 0 Å². The molecule has 2 amide bonds. The number of carbonyl (C=O) groups excluding carboxylic acids is 2. The van der Waals surface area contributed by atoms with Crippen molar-refractivity contribution in [1.82, 2.24) is 10.6 Å². The van der Waals surface area contributed by atoms with Crippen molar-refractivity contribution < 1.29 is 9.59 Å². The molecule has 0 spiro atoms. The Labute approximate surface area is 174 Å². The molecule has 29 heavy (non-hydrogen) atoms. The van der Waals surface area contributed by atoms with Crippen molar-refractivity contribution in [3.05, 3.63) is 65.2 Å². The maximum absolute atomic E-state index is 12.5. The normalized spacial score (nSPS) is 13.0. The fraction of sp³-hybridized carbons (Fsp3) is 0.417. The van der Waals surface area contributed by atoms with Crippen molar-refractivity contribution in [3.63, 3.8) is 0 Å². The van der Waals surface area contributed by atoms with Gasteiger partial charge in [0, 0.05) is 11.7 Å². The van der Waals surface area contributed by atoms with Crippen LogP contribution in [-0.4, -0.2) is 24.4 Å². The van der Waals surface area contributed by atoms with Gasteiger partial charge in [0.25, 0.3) is 0 Å². The number of aryl methyl sites for hydroxylation is 2. The monoisotopic (exact) mass is 395 g/mol. The zero-order valence-electron chi connectivity index (χ0n) is 18.1. The highest BCUT2D eigenvalue weighted by atomic mass is 16.2. The number of benzene rings is 2. The van der Waals surface area contributed by atoms with Crippen molar-refractivity contribution in [3.8, 4) is 0 Å². The summed E-state index contributed by atoms with van der Waals surface area (Å²) in [5.41, 5.74) is 3.96. The molecule has 0 aliphatic rings. The second kappa shape index (κ2) is 10.8. The molecule has 2 rings (SSSR count). The van der Waals surface area contributed by atoms with Gasteiger partial charge in [-0.05, 0) is 49.8 Å². The fourth-order valence-corrected chi connectivity index (χ4v) is 3.35. The highest BCUT2D eigenvalue weighted by molar-refractivity contribution is 5.96. The zero-order valence-corrected chi connectivity index (χ0v) is 18.1. The summed E-state index contributed by atoms with van der Waals surface area (Å²) in [4.78, 5) is 24.8. The molecule has 2 aromatic rings. The Bertz CT molecular complexity index is 798. The molecule has 0 saturated heterocycles. The highest BCUT2D eigenvalue weighted by Gasteiger charge is 2.20. The Morgan fingerprint density at radius 3 is 2.10 bits per heavy atom. The Morgan fingerprint density at radius 1 is 0.897 bits per heavy atom. The van der Waals surface area contributed by atoms with Crippen LogP contribution in [0.2, 0.25) is 0 Å². The molecule has 156 valence electrons. The van der Waals surface area contributed by atoms with Crippen molar-refractivity contribution in [2.45, 2.75) is 53.1 Å². The van der Waals surface area contributed by atoms with Gasteiger partial charge in [0.2, 0.25) is 11.8 Å². The minimum atomic E-state index is -0.410. The van der Waals surface area contributed by atoms with Crippen LogP contribution >= 0.6 is 0 Å². The standard InChI is InChI=1S/C24H33N3O2/c1-16(2)14-21(20-12-7-6-8-13-20)26-19(5)24(29)25-15-22(28)27-23-17(3)10-9-11-18(23)4/h6-13,16,19,21,26H,14-15H2,1-5H3,(H,25,29)(H,27,28)/t19-,21-/m0/s1. The van der Waals surface area contributed by atoms with Crippen molar-refractivity contribution in [2.75, 3.05) is 11.9 Å². The average molecular weight is 396 g/mol. The molecule has 0 aromatic heterocycles. The van der Waals surface area contributed by atoms with Gasteiger partial charge in [-0.3, -0.25) is 14.9 Å². The number of hydrogen-bond donors (Lipinski definition) is 3. The number of rotatable bonds is 9. The first-order chi connectivity index (χ1) is 13.8. The maximum atomic E-state index is 12.5. The second-order valence-electron chi connectivity index (χ2n) is 8.01. The van der Waals surface area contributed by atoms with Crippen LogP contribution in [0.15, 0.2) is 48.5 Å². The Kier molecular flexibility index (Phi) is 8.40. The first-order valence-corrected chi connectivity index (χ1v) is 10.2. The number of anilines is 1. The smallest absolute Gasteiger partial charge is 0.243 e. The van der Waals surface area contributed by atoms with Crippen LogP contribution in [-0.2, 0) is 9.59 Å². The summed E-state index contributed by atoms with van der Waals surface area (Å²) in [7, 11) is 0. The molecular formula is C24H33N3O2. The van der Waals surface area contributed by atoms with E-state index < -0.39 is 6.04 Å². The van der Waals surface area contributed by atoms with Gasteiger partial charge in [-0.15, -0.1) is 0 Å². The molecular weight excluding hydrogens is 362 g/mol. The Hall–Kier alpha value is -2.66. The summed E-state index contributed by atoms with van der Waals surface area (Å²) in [6.45, 7) is 10.0. The molecule has 3 N–H and O–H groups in total. The van der Waals surface area contributed by atoms with Crippen LogP contribution in [0.1, 0.15) is 49.9 Å². The van der Waals surface area contributed by atoms with Crippen LogP contribution in [0.5, 0.6) is 0 Å². The summed E-state index contributed by atoms with van der Waals surface area (Å²) in [6.07, 6.45) is 0.925. The van der Waals surface area contributed by atoms with Gasteiger partial charge < -0.3 is 10.6 Å². The quantitative estimate of drug-likeness (QED) is 0.598. The van der Waals surface area contributed by atoms with E-state index in [1.807, 2.05) is 57.2 Å². The molecule has 0 aliphatic heterocycles. The lowest BCUT2D eigenvalue weighted by Gasteiger charge is -2.25. The van der Waals surface area contributed by atoms with E-state index >= 15 is 0 Å². The van der Waals surface area contributed by atoms with Crippen LogP contribution < -0.4 is 16.0 Å². The summed E-state index contributed by atoms with van der Waals surface area (Å²) in [5.74, 6) is 0.0715. The first-order valence-electron chi connectivity index (χ1n) is 10.2. The Balaban J connectivity index is 1.91. The first kappa shape index (κ1) is 22.6. The summed E-state index contributed by atoms with van der Waals surface area (Å²) in [6, 6.07) is 15.7. The van der Waals surface area contributed by atoms with E-state index in [1.54, 1.807) is 0 Å². The molecule has 0 unspecified atom stereocenters. The van der Waals surface area contributed by atoms with Gasteiger partial charge in [-0.1, -0.05) is 62.4 Å². The van der Waals surface area contributed by atoms with E-state index in [-0.39, 0.29) is 24.4 Å². The van der Waals surface area contributed by atoms with Gasteiger partial charge >= 0.3 is 0 Å². The number of nitrogens with one attached hydrogen (secondary N) is 3. The van der Waals surface area contributed by atoms with E-state index in [2.05, 4.69) is 41.9 Å². The van der Waals surface area contributed by atoms with Crippen LogP contribution in [0.3, 0.4) is 0 Å². The van der Waals surface area contributed by atoms with E-state index in [0.29, 0.717) is 5.92 Å². The largest absolute Gasteiger partial charge is 0.346 e. The molecule has 0 saturated carbocycles. The minimum absolute atomic E-state index is 0.0567. The molecule has 0 bridgehead atoms. The maximum Gasteiger partial charge on any atom is 0.243 e. The Morgan fingerprint density at radius 2 is 1.52 bits per heavy atom. The van der Waals surface area contributed by atoms with Gasteiger partial charge in [-0.25, -0.2) is 0 Å². The summed E-state index contributed by atoms with van der Waals surface area (Å²) in [5, 5.41) is 9.04. The third-order valence-electron chi connectivity index (χ3n) is 4.92. The van der Waals surface area contributed by atoms with Gasteiger partial charge in [0.05, 0.1) is 12.6 Å². The minimum Gasteiger partial charge on any atom is -0.346 e. The molecule has 0 heterocycles. The summed E-state index contributed by atoms with van der Waals surface area (Å²) < 4.78 is 0. The topological polar surface area (TPSA) is 70.2 Å². The second-order valence-corrected chi connectivity index (χ2v) is 8.01. The number of para-hydroxylation sites is 1. The third-order valence-corrected chi connectivity index (χ3v) is 4.92. The third kappa shape index (κ3) is 7.02. The zero-order chi connectivity index (χ0) is 21.4. The van der Waals surface area contributed by atoms with Gasteiger partial charge in [-0.2, -0.15) is 0 Å². The molecule has 0 fully saturated rings. The molecule has 5 nitrogen and oxygen atoms in total. The van der Waals surface area contributed by atoms with Crippen LogP contribution in [0.4, 0.5) is 5.69 Å².